The molecule has 0 aliphatic heterocycles. The normalized spacial score (nSPS) is 11.1. The zero-order chi connectivity index (χ0) is 12.2. The van der Waals surface area contributed by atoms with Crippen molar-refractivity contribution in [3.63, 3.8) is 0 Å². The van der Waals surface area contributed by atoms with Crippen LogP contribution in [0.3, 0.4) is 0 Å². The molecule has 2 aromatic carbocycles. The molecule has 0 atom stereocenters. The topological polar surface area (TPSA) is 25.8 Å². The Kier molecular flexibility index (Phi) is 2.84. The number of fused-ring (bicyclic) bond motifs is 1. The van der Waals surface area contributed by atoms with Crippen LogP contribution in [0.5, 0.6) is 0 Å². The predicted octanol–water partition coefficient (Wildman–Crippen LogP) is 3.80. The fourth-order valence-corrected chi connectivity index (χ4v) is 1.91. The largest absolute Gasteiger partial charge is 0.158 e. The first-order valence-corrected chi connectivity index (χ1v) is 5.87. The van der Waals surface area contributed by atoms with Crippen LogP contribution in [0.4, 0.5) is 0 Å². The van der Waals surface area contributed by atoms with E-state index in [-0.39, 0.29) is 0 Å². The summed E-state index contributed by atoms with van der Waals surface area (Å²) in [4.78, 5) is 0. The van der Waals surface area contributed by atoms with Crippen molar-refractivity contribution in [2.45, 2.75) is 0 Å². The Morgan fingerprint density at radius 1 is 0.778 bits per heavy atom. The Labute approximate surface area is 106 Å². The molecule has 0 fully saturated rings. The zero-order valence-electron chi connectivity index (χ0n) is 9.82. The van der Waals surface area contributed by atoms with Crippen molar-refractivity contribution < 1.29 is 0 Å². The summed E-state index contributed by atoms with van der Waals surface area (Å²) in [6.07, 6.45) is 5.96. The quantitative estimate of drug-likeness (QED) is 0.671. The second-order valence-electron chi connectivity index (χ2n) is 4.06. The molecule has 0 saturated heterocycles. The minimum atomic E-state index is 0.924. The van der Waals surface area contributed by atoms with Gasteiger partial charge in [0.15, 0.2) is 0 Å². The first-order valence-electron chi connectivity index (χ1n) is 5.87. The molecular weight excluding hydrogens is 220 g/mol. The lowest BCUT2D eigenvalue weighted by Gasteiger charge is -1.99. The maximum atomic E-state index is 4.11. The van der Waals surface area contributed by atoms with E-state index < -0.39 is 0 Å². The van der Waals surface area contributed by atoms with Gasteiger partial charge >= 0.3 is 0 Å². The number of nitrogens with zero attached hydrogens (tertiary/aromatic N) is 2. The molecule has 0 amide bonds. The zero-order valence-corrected chi connectivity index (χ0v) is 9.82. The smallest absolute Gasteiger partial charge is 0.0935 e. The summed E-state index contributed by atoms with van der Waals surface area (Å²) in [6.45, 7) is 0. The fourth-order valence-electron chi connectivity index (χ4n) is 1.91. The van der Waals surface area contributed by atoms with Crippen LogP contribution in [-0.4, -0.2) is 10.2 Å². The highest BCUT2D eigenvalue weighted by molar-refractivity contribution is 5.89. The summed E-state index contributed by atoms with van der Waals surface area (Å²) in [5.41, 5.74) is 3.19. The van der Waals surface area contributed by atoms with Crippen LogP contribution in [0, 0.1) is 0 Å². The third kappa shape index (κ3) is 2.13. The maximum Gasteiger partial charge on any atom is 0.0935 e. The molecule has 0 radical (unpaired) electrons. The van der Waals surface area contributed by atoms with E-state index in [1.807, 2.05) is 36.4 Å². The van der Waals surface area contributed by atoms with Crippen molar-refractivity contribution in [3.8, 4) is 0 Å². The van der Waals surface area contributed by atoms with E-state index in [0.29, 0.717) is 0 Å². The van der Waals surface area contributed by atoms with Crippen LogP contribution in [-0.2, 0) is 0 Å². The number of rotatable bonds is 2. The summed E-state index contributed by atoms with van der Waals surface area (Å²) in [5, 5.41) is 9.26. The lowest BCUT2D eigenvalue weighted by atomic mass is 10.1. The van der Waals surface area contributed by atoms with Crippen LogP contribution >= 0.6 is 0 Å². The number of benzene rings is 2. The van der Waals surface area contributed by atoms with Gasteiger partial charge in [-0.05, 0) is 11.6 Å². The first-order chi connectivity index (χ1) is 8.93. The van der Waals surface area contributed by atoms with E-state index in [1.165, 1.54) is 5.56 Å². The Bertz CT molecular complexity index is 682. The second-order valence-corrected chi connectivity index (χ2v) is 4.06. The monoisotopic (exact) mass is 232 g/mol. The van der Waals surface area contributed by atoms with E-state index in [9.17, 15) is 0 Å². The summed E-state index contributed by atoms with van der Waals surface area (Å²) in [7, 11) is 0. The minimum Gasteiger partial charge on any atom is -0.158 e. The van der Waals surface area contributed by atoms with Crippen LogP contribution < -0.4 is 0 Å². The molecule has 2 heteroatoms. The number of hydrogen-bond acceptors (Lipinski definition) is 2. The van der Waals surface area contributed by atoms with Crippen molar-refractivity contribution >= 4 is 23.1 Å². The van der Waals surface area contributed by atoms with Crippen molar-refractivity contribution in [2.24, 2.45) is 0 Å². The van der Waals surface area contributed by atoms with Gasteiger partial charge in [-0.25, -0.2) is 0 Å². The van der Waals surface area contributed by atoms with Gasteiger partial charge in [-0.15, -0.1) is 0 Å². The fraction of sp³-hybridized carbons (Fsp3) is 0. The van der Waals surface area contributed by atoms with Crippen molar-refractivity contribution in [1.29, 1.82) is 0 Å². The minimum absolute atomic E-state index is 0.924. The molecule has 0 aliphatic carbocycles. The van der Waals surface area contributed by atoms with Crippen LogP contribution in [0.15, 0.2) is 60.8 Å². The highest BCUT2D eigenvalue weighted by Gasteiger charge is 1.98. The molecular formula is C16H12N2. The Balaban J connectivity index is 2.03. The van der Waals surface area contributed by atoms with E-state index in [0.717, 1.165) is 16.5 Å². The van der Waals surface area contributed by atoms with E-state index in [2.05, 4.69) is 40.5 Å². The van der Waals surface area contributed by atoms with Crippen molar-refractivity contribution in [3.05, 3.63) is 71.9 Å². The number of hydrogen-bond donors (Lipinski definition) is 0. The van der Waals surface area contributed by atoms with Gasteiger partial charge in [-0.3, -0.25) is 0 Å². The molecule has 1 heterocycles. The summed E-state index contributed by atoms with van der Waals surface area (Å²) < 4.78 is 0. The molecule has 86 valence electrons. The molecule has 3 rings (SSSR count). The average molecular weight is 232 g/mol. The Hall–Kier alpha value is -2.48. The average Bonchev–Trinajstić information content (AvgIpc) is 2.46. The highest BCUT2D eigenvalue weighted by Crippen LogP contribution is 2.17. The molecule has 2 nitrogen and oxygen atoms in total. The molecule has 0 saturated carbocycles. The summed E-state index contributed by atoms with van der Waals surface area (Å²) in [6, 6.07) is 18.3. The Morgan fingerprint density at radius 3 is 2.44 bits per heavy atom. The van der Waals surface area contributed by atoms with E-state index in [4.69, 9.17) is 0 Å². The molecule has 1 aromatic heterocycles. The van der Waals surface area contributed by atoms with Gasteiger partial charge < -0.3 is 0 Å². The molecule has 0 aliphatic rings. The molecule has 0 bridgehead atoms. The van der Waals surface area contributed by atoms with Crippen LogP contribution in [0.25, 0.3) is 23.1 Å². The third-order valence-corrected chi connectivity index (χ3v) is 2.83. The van der Waals surface area contributed by atoms with Crippen LogP contribution in [0.2, 0.25) is 0 Å². The lowest BCUT2D eigenvalue weighted by Crippen LogP contribution is -1.86. The van der Waals surface area contributed by atoms with E-state index in [1.54, 1.807) is 6.20 Å². The standard InChI is InChI=1S/C16H12N2/c1-2-6-13(7-3-1)10-11-14-12-17-18-16-9-5-4-8-15(14)16/h1-12H/b11-10-. The van der Waals surface area contributed by atoms with Gasteiger partial charge in [0, 0.05) is 10.9 Å². The summed E-state index contributed by atoms with van der Waals surface area (Å²) in [5.74, 6) is 0. The van der Waals surface area contributed by atoms with Gasteiger partial charge in [0.2, 0.25) is 0 Å². The van der Waals surface area contributed by atoms with Gasteiger partial charge in [0.1, 0.15) is 0 Å². The van der Waals surface area contributed by atoms with Crippen molar-refractivity contribution in [2.75, 3.05) is 0 Å². The van der Waals surface area contributed by atoms with E-state index >= 15 is 0 Å². The predicted molar refractivity (Wildman–Crippen MR) is 74.9 cm³/mol. The Morgan fingerprint density at radius 2 is 1.56 bits per heavy atom. The van der Waals surface area contributed by atoms with Gasteiger partial charge in [0.25, 0.3) is 0 Å². The molecule has 3 aromatic rings. The first kappa shape index (κ1) is 10.7. The van der Waals surface area contributed by atoms with Gasteiger partial charge in [0.05, 0.1) is 11.7 Å². The SMILES string of the molecule is C(=C/c1cnnc2ccccc12)/c1ccccc1. The van der Waals surface area contributed by atoms with Gasteiger partial charge in [-0.1, -0.05) is 60.7 Å². The molecule has 0 unspecified atom stereocenters. The lowest BCUT2D eigenvalue weighted by molar-refractivity contribution is 1.07. The molecule has 18 heavy (non-hydrogen) atoms. The van der Waals surface area contributed by atoms with Crippen LogP contribution in [0.1, 0.15) is 11.1 Å². The maximum absolute atomic E-state index is 4.11. The van der Waals surface area contributed by atoms with Crippen molar-refractivity contribution in [1.82, 2.24) is 10.2 Å². The molecule has 0 spiro atoms. The number of aromatic nitrogens is 2. The summed E-state index contributed by atoms with van der Waals surface area (Å²) >= 11 is 0. The third-order valence-electron chi connectivity index (χ3n) is 2.83. The molecule has 0 N–H and O–H groups in total. The second kappa shape index (κ2) is 4.80. The highest BCUT2D eigenvalue weighted by atomic mass is 15.1. The van der Waals surface area contributed by atoms with Gasteiger partial charge in [-0.2, -0.15) is 10.2 Å².